The molecule has 0 aliphatic carbocycles. The summed E-state index contributed by atoms with van der Waals surface area (Å²) >= 11 is 0. The first kappa shape index (κ1) is 19.2. The second-order valence-corrected chi connectivity index (χ2v) is 6.59. The van der Waals surface area contributed by atoms with Gasteiger partial charge < -0.3 is 35.5 Å². The average molecular weight is 405 g/mol. The molecule has 1 aliphatic rings. The van der Waals surface area contributed by atoms with Crippen LogP contribution in [0.5, 0.6) is 0 Å². The molecular weight excluding hydrogens is 386 g/mol. The standard InChI is InChI=1S/C16H19N7O6/c24-3-9-11(25)12(26)15(29-9)23-6-21-10-13(19-5-20-14(10)23)22-8(16(27)28)1-7-2-17-4-18-7/h2,4-6,8-9,11-12,15,24-26H,1,3H2,(H,17,18)(H,27,28)(H,19,20,22)/t8-,9-,11?,12+,15-/m1/s1. The number of nitrogens with one attached hydrogen (secondary N) is 2. The van der Waals surface area contributed by atoms with E-state index in [-0.39, 0.29) is 23.4 Å². The number of carboxylic acid groups (broad SMARTS) is 1. The van der Waals surface area contributed by atoms with Gasteiger partial charge in [-0.15, -0.1) is 0 Å². The lowest BCUT2D eigenvalue weighted by Gasteiger charge is -2.17. The Balaban J connectivity index is 1.63. The number of carbonyl (C=O) groups is 1. The van der Waals surface area contributed by atoms with Crippen molar-refractivity contribution in [1.82, 2.24) is 29.5 Å². The lowest BCUT2D eigenvalue weighted by Crippen LogP contribution is -2.33. The molecule has 1 unspecified atom stereocenters. The molecule has 1 fully saturated rings. The fourth-order valence-corrected chi connectivity index (χ4v) is 3.23. The summed E-state index contributed by atoms with van der Waals surface area (Å²) in [6.45, 7) is -0.461. The van der Waals surface area contributed by atoms with Gasteiger partial charge in [0.1, 0.15) is 30.7 Å². The SMILES string of the molecule is O=C(O)[C@@H](Cc1cnc[nH]1)Nc1ncnc2c1ncn2[C@@H]1O[C@H](CO)C(O)[C@@H]1O. The molecule has 6 N–H and O–H groups in total. The van der Waals surface area contributed by atoms with E-state index in [2.05, 4.69) is 30.2 Å². The molecule has 13 nitrogen and oxygen atoms in total. The van der Waals surface area contributed by atoms with Crippen molar-refractivity contribution in [2.45, 2.75) is 37.0 Å². The van der Waals surface area contributed by atoms with Crippen LogP contribution in [0.3, 0.4) is 0 Å². The van der Waals surface area contributed by atoms with Gasteiger partial charge in [0.15, 0.2) is 23.2 Å². The molecule has 154 valence electrons. The van der Waals surface area contributed by atoms with Gasteiger partial charge in [-0.1, -0.05) is 0 Å². The van der Waals surface area contributed by atoms with Crippen molar-refractivity contribution in [3.63, 3.8) is 0 Å². The summed E-state index contributed by atoms with van der Waals surface area (Å²) in [5, 5.41) is 41.8. The summed E-state index contributed by atoms with van der Waals surface area (Å²) in [6, 6.07) is -1.01. The summed E-state index contributed by atoms with van der Waals surface area (Å²) < 4.78 is 6.90. The monoisotopic (exact) mass is 405 g/mol. The fourth-order valence-electron chi connectivity index (χ4n) is 3.23. The largest absolute Gasteiger partial charge is 0.480 e. The second kappa shape index (κ2) is 7.71. The molecule has 5 atom stereocenters. The van der Waals surface area contributed by atoms with Crippen LogP contribution in [0.4, 0.5) is 5.82 Å². The Hall–Kier alpha value is -3.13. The van der Waals surface area contributed by atoms with E-state index in [9.17, 15) is 25.2 Å². The van der Waals surface area contributed by atoms with Crippen LogP contribution in [-0.2, 0) is 16.0 Å². The highest BCUT2D eigenvalue weighted by Gasteiger charge is 2.44. The molecule has 1 saturated heterocycles. The number of hydrogen-bond donors (Lipinski definition) is 6. The molecule has 29 heavy (non-hydrogen) atoms. The van der Waals surface area contributed by atoms with E-state index in [1.54, 1.807) is 0 Å². The van der Waals surface area contributed by atoms with Gasteiger partial charge in [-0.2, -0.15) is 0 Å². The molecule has 3 aromatic heterocycles. The van der Waals surface area contributed by atoms with Crippen molar-refractivity contribution in [2.75, 3.05) is 11.9 Å². The number of nitrogens with zero attached hydrogens (tertiary/aromatic N) is 5. The number of ether oxygens (including phenoxy) is 1. The number of hydrogen-bond acceptors (Lipinski definition) is 10. The Morgan fingerprint density at radius 1 is 1.31 bits per heavy atom. The summed E-state index contributed by atoms with van der Waals surface area (Å²) in [7, 11) is 0. The fraction of sp³-hybridized carbons (Fsp3) is 0.438. The van der Waals surface area contributed by atoms with Crippen molar-refractivity contribution in [3.8, 4) is 0 Å². The smallest absolute Gasteiger partial charge is 0.326 e. The number of H-pyrrole nitrogens is 1. The highest BCUT2D eigenvalue weighted by Crippen LogP contribution is 2.32. The van der Waals surface area contributed by atoms with Gasteiger partial charge >= 0.3 is 5.97 Å². The van der Waals surface area contributed by atoms with Gasteiger partial charge in [-0.25, -0.2) is 24.7 Å². The molecule has 0 saturated carbocycles. The van der Waals surface area contributed by atoms with Crippen molar-refractivity contribution < 1.29 is 30.0 Å². The van der Waals surface area contributed by atoms with Crippen LogP contribution in [0.25, 0.3) is 11.2 Å². The maximum absolute atomic E-state index is 11.7. The molecular formula is C16H19N7O6. The van der Waals surface area contributed by atoms with Gasteiger partial charge in [0.25, 0.3) is 0 Å². The van der Waals surface area contributed by atoms with Crippen molar-refractivity contribution >= 4 is 23.0 Å². The zero-order valence-electron chi connectivity index (χ0n) is 15.0. The minimum Gasteiger partial charge on any atom is -0.480 e. The molecule has 0 radical (unpaired) electrons. The van der Waals surface area contributed by atoms with Gasteiger partial charge in [0, 0.05) is 18.3 Å². The Morgan fingerprint density at radius 2 is 2.14 bits per heavy atom. The topological polar surface area (TPSA) is 192 Å². The number of aliphatic carboxylic acids is 1. The normalized spacial score (nSPS) is 25.3. The van der Waals surface area contributed by atoms with Crippen LogP contribution in [0.15, 0.2) is 25.2 Å². The number of anilines is 1. The number of fused-ring (bicyclic) bond motifs is 1. The molecule has 4 rings (SSSR count). The minimum absolute atomic E-state index is 0.135. The second-order valence-electron chi connectivity index (χ2n) is 6.59. The zero-order valence-corrected chi connectivity index (χ0v) is 15.0. The Kier molecular flexibility index (Phi) is 5.10. The van der Waals surface area contributed by atoms with E-state index in [0.29, 0.717) is 5.69 Å². The van der Waals surface area contributed by atoms with Crippen LogP contribution in [-0.4, -0.2) is 86.8 Å². The van der Waals surface area contributed by atoms with E-state index < -0.39 is 43.2 Å². The minimum atomic E-state index is -1.30. The highest BCUT2D eigenvalue weighted by molar-refractivity contribution is 5.86. The van der Waals surface area contributed by atoms with Crippen LogP contribution < -0.4 is 5.32 Å². The molecule has 0 spiro atoms. The van der Waals surface area contributed by atoms with Crippen LogP contribution >= 0.6 is 0 Å². The van der Waals surface area contributed by atoms with Gasteiger partial charge in [0.2, 0.25) is 0 Å². The molecule has 0 aromatic carbocycles. The van der Waals surface area contributed by atoms with Crippen molar-refractivity contribution in [3.05, 3.63) is 30.9 Å². The number of imidazole rings is 2. The van der Waals surface area contributed by atoms with E-state index in [4.69, 9.17) is 4.74 Å². The third-order valence-electron chi connectivity index (χ3n) is 4.74. The highest BCUT2D eigenvalue weighted by atomic mass is 16.6. The van der Waals surface area contributed by atoms with Gasteiger partial charge in [-0.05, 0) is 0 Å². The van der Waals surface area contributed by atoms with Crippen molar-refractivity contribution in [1.29, 1.82) is 0 Å². The number of aromatic amines is 1. The number of aromatic nitrogens is 6. The first-order valence-corrected chi connectivity index (χ1v) is 8.76. The molecule has 0 amide bonds. The molecule has 4 heterocycles. The number of carboxylic acids is 1. The van der Waals surface area contributed by atoms with Crippen molar-refractivity contribution in [2.24, 2.45) is 0 Å². The van der Waals surface area contributed by atoms with Crippen LogP contribution in [0.1, 0.15) is 11.9 Å². The molecule has 1 aliphatic heterocycles. The average Bonchev–Trinajstić information content (AvgIpc) is 3.42. The van der Waals surface area contributed by atoms with E-state index in [1.165, 1.54) is 29.7 Å². The van der Waals surface area contributed by atoms with Gasteiger partial charge in [0.05, 0.1) is 19.3 Å². The van der Waals surface area contributed by atoms with E-state index >= 15 is 0 Å². The Bertz CT molecular complexity index is 993. The molecule has 0 bridgehead atoms. The lowest BCUT2D eigenvalue weighted by molar-refractivity contribution is -0.137. The molecule has 3 aromatic rings. The maximum atomic E-state index is 11.7. The zero-order chi connectivity index (χ0) is 20.5. The third kappa shape index (κ3) is 3.51. The summed E-state index contributed by atoms with van der Waals surface area (Å²) in [5.41, 5.74) is 1.16. The first-order valence-electron chi connectivity index (χ1n) is 8.76. The van der Waals surface area contributed by atoms with E-state index in [1.807, 2.05) is 0 Å². The number of aliphatic hydroxyl groups is 3. The quantitative estimate of drug-likeness (QED) is 0.262. The maximum Gasteiger partial charge on any atom is 0.326 e. The summed E-state index contributed by atoms with van der Waals surface area (Å²) in [5.74, 6) is -0.901. The lowest BCUT2D eigenvalue weighted by atomic mass is 10.1. The van der Waals surface area contributed by atoms with Gasteiger partial charge in [-0.3, -0.25) is 4.57 Å². The number of aliphatic hydroxyl groups excluding tert-OH is 3. The van der Waals surface area contributed by atoms with E-state index in [0.717, 1.165) is 0 Å². The summed E-state index contributed by atoms with van der Waals surface area (Å²) in [4.78, 5) is 30.8. The van der Waals surface area contributed by atoms with Crippen LogP contribution in [0.2, 0.25) is 0 Å². The predicted molar refractivity (Wildman–Crippen MR) is 95.7 cm³/mol. The van der Waals surface area contributed by atoms with Crippen LogP contribution in [0, 0.1) is 0 Å². The number of rotatable bonds is 7. The predicted octanol–water partition coefficient (Wildman–Crippen LogP) is -1.73. The Labute approximate surface area is 163 Å². The third-order valence-corrected chi connectivity index (χ3v) is 4.74. The molecule has 13 heteroatoms. The summed E-state index contributed by atoms with van der Waals surface area (Å²) in [6.07, 6.45) is 1.15. The Morgan fingerprint density at radius 3 is 2.79 bits per heavy atom. The first-order chi connectivity index (χ1) is 14.0.